The molecule has 3 aromatic carbocycles. The summed E-state index contributed by atoms with van der Waals surface area (Å²) in [7, 11) is 1.53. The number of rotatable bonds is 7. The number of nitro benzene ring substituents is 1. The maximum atomic E-state index is 14.1. The van der Waals surface area contributed by atoms with Crippen LogP contribution in [-0.4, -0.2) is 36.0 Å². The van der Waals surface area contributed by atoms with Crippen molar-refractivity contribution in [1.29, 1.82) is 0 Å². The number of hydrogen-bond donors (Lipinski definition) is 0. The van der Waals surface area contributed by atoms with Crippen LogP contribution in [0.25, 0.3) is 11.8 Å². The summed E-state index contributed by atoms with van der Waals surface area (Å²) >= 11 is 1.06. The Kier molecular flexibility index (Phi) is 7.05. The normalized spacial score (nSPS) is 15.7. The standard InChI is InChI=1S/C30H23N3O8S/c1-3-39-29(35)25-26(17-8-5-4-6-9-17)31-30-32(27(25)18-10-7-11-20(12-18)38-2)28(34)24(42-30)14-19-13-22-23(41-16-40-22)15-21(19)33(36)37/h4-15,27H,3,16H2,1-2H3/b24-14-/t27-/m1/s1. The lowest BCUT2D eigenvalue weighted by Crippen LogP contribution is -2.40. The number of fused-ring (bicyclic) bond motifs is 2. The molecule has 0 spiro atoms. The number of nitrogens with zero attached hydrogens (tertiary/aromatic N) is 3. The van der Waals surface area contributed by atoms with Crippen molar-refractivity contribution in [2.45, 2.75) is 13.0 Å². The smallest absolute Gasteiger partial charge is 0.338 e. The maximum Gasteiger partial charge on any atom is 0.338 e. The van der Waals surface area contributed by atoms with E-state index in [0.717, 1.165) is 11.3 Å². The Balaban J connectivity index is 1.65. The summed E-state index contributed by atoms with van der Waals surface area (Å²) < 4.78 is 23.2. The summed E-state index contributed by atoms with van der Waals surface area (Å²) in [5, 5.41) is 11.9. The van der Waals surface area contributed by atoms with E-state index in [0.29, 0.717) is 33.1 Å². The molecule has 0 bridgehead atoms. The molecule has 0 amide bonds. The van der Waals surface area contributed by atoms with E-state index in [1.807, 2.05) is 30.3 Å². The molecule has 1 atom stereocenters. The zero-order valence-electron chi connectivity index (χ0n) is 22.4. The Morgan fingerprint density at radius 3 is 2.62 bits per heavy atom. The summed E-state index contributed by atoms with van der Waals surface area (Å²) in [5.74, 6) is 0.510. The molecule has 6 rings (SSSR count). The Morgan fingerprint density at radius 1 is 1.14 bits per heavy atom. The minimum absolute atomic E-state index is 0.0580. The quantitative estimate of drug-likeness (QED) is 0.183. The molecule has 212 valence electrons. The van der Waals surface area contributed by atoms with E-state index >= 15 is 0 Å². The molecular formula is C30H23N3O8S. The van der Waals surface area contributed by atoms with E-state index in [1.54, 1.807) is 31.2 Å². The summed E-state index contributed by atoms with van der Waals surface area (Å²) in [5.41, 5.74) is 1.26. The molecule has 0 N–H and O–H groups in total. The van der Waals surface area contributed by atoms with E-state index in [4.69, 9.17) is 23.9 Å². The van der Waals surface area contributed by atoms with Gasteiger partial charge in [-0.25, -0.2) is 9.79 Å². The Labute approximate surface area is 242 Å². The lowest BCUT2D eigenvalue weighted by molar-refractivity contribution is -0.385. The van der Waals surface area contributed by atoms with Crippen molar-refractivity contribution in [3.8, 4) is 17.2 Å². The molecule has 0 saturated carbocycles. The van der Waals surface area contributed by atoms with E-state index in [1.165, 1.54) is 29.9 Å². The molecule has 0 aliphatic carbocycles. The molecule has 11 nitrogen and oxygen atoms in total. The number of nitro groups is 1. The number of methoxy groups -OCH3 is 1. The Bertz CT molecular complexity index is 1950. The van der Waals surface area contributed by atoms with Crippen LogP contribution in [0, 0.1) is 10.1 Å². The summed E-state index contributed by atoms with van der Waals surface area (Å²) in [6, 6.07) is 18.1. The van der Waals surface area contributed by atoms with Crippen LogP contribution in [-0.2, 0) is 9.53 Å². The van der Waals surface area contributed by atoms with E-state index < -0.39 is 22.5 Å². The van der Waals surface area contributed by atoms with Gasteiger partial charge in [0.05, 0.1) is 52.1 Å². The maximum absolute atomic E-state index is 14.1. The minimum Gasteiger partial charge on any atom is -0.497 e. The van der Waals surface area contributed by atoms with Crippen LogP contribution in [0.3, 0.4) is 0 Å². The second-order valence-electron chi connectivity index (χ2n) is 9.23. The second kappa shape index (κ2) is 11.0. The lowest BCUT2D eigenvalue weighted by atomic mass is 9.93. The Morgan fingerprint density at radius 2 is 1.90 bits per heavy atom. The zero-order valence-corrected chi connectivity index (χ0v) is 23.3. The number of thiazole rings is 1. The number of ether oxygens (including phenoxy) is 4. The molecule has 42 heavy (non-hydrogen) atoms. The molecule has 2 aliphatic heterocycles. The van der Waals surface area contributed by atoms with Crippen LogP contribution in [0.4, 0.5) is 5.69 Å². The van der Waals surface area contributed by atoms with Crippen molar-refractivity contribution in [2.75, 3.05) is 20.5 Å². The highest BCUT2D eigenvalue weighted by molar-refractivity contribution is 7.07. The molecule has 0 unspecified atom stereocenters. The van der Waals surface area contributed by atoms with Crippen LogP contribution >= 0.6 is 11.3 Å². The highest BCUT2D eigenvalue weighted by atomic mass is 32.1. The molecular weight excluding hydrogens is 562 g/mol. The van der Waals surface area contributed by atoms with Gasteiger partial charge >= 0.3 is 5.97 Å². The first-order valence-electron chi connectivity index (χ1n) is 12.9. The van der Waals surface area contributed by atoms with Gasteiger partial charge in [0.15, 0.2) is 16.3 Å². The molecule has 0 radical (unpaired) electrons. The van der Waals surface area contributed by atoms with Crippen LogP contribution in [0.5, 0.6) is 17.2 Å². The average molecular weight is 586 g/mol. The van der Waals surface area contributed by atoms with Crippen LogP contribution in [0.1, 0.15) is 29.7 Å². The monoisotopic (exact) mass is 585 g/mol. The molecule has 2 aliphatic rings. The third-order valence-corrected chi connectivity index (χ3v) is 7.77. The number of benzene rings is 3. The van der Waals surface area contributed by atoms with Crippen molar-refractivity contribution in [3.63, 3.8) is 0 Å². The van der Waals surface area contributed by atoms with Crippen molar-refractivity contribution in [1.82, 2.24) is 4.57 Å². The summed E-state index contributed by atoms with van der Waals surface area (Å²) in [4.78, 5) is 44.1. The first-order chi connectivity index (χ1) is 20.4. The van der Waals surface area contributed by atoms with Gasteiger partial charge in [0, 0.05) is 5.56 Å². The molecule has 4 aromatic rings. The largest absolute Gasteiger partial charge is 0.497 e. The van der Waals surface area contributed by atoms with Crippen molar-refractivity contribution in [3.05, 3.63) is 119 Å². The third kappa shape index (κ3) is 4.71. The molecule has 3 heterocycles. The topological polar surface area (TPSA) is 131 Å². The van der Waals surface area contributed by atoms with Gasteiger partial charge in [0.1, 0.15) is 5.75 Å². The predicted molar refractivity (Wildman–Crippen MR) is 153 cm³/mol. The second-order valence-corrected chi connectivity index (χ2v) is 10.2. The number of esters is 1. The first-order valence-corrected chi connectivity index (χ1v) is 13.7. The lowest BCUT2D eigenvalue weighted by Gasteiger charge is -2.26. The molecule has 0 saturated heterocycles. The highest BCUT2D eigenvalue weighted by Crippen LogP contribution is 2.39. The van der Waals surface area contributed by atoms with Gasteiger partial charge in [-0.2, -0.15) is 0 Å². The van der Waals surface area contributed by atoms with Gasteiger partial charge in [-0.1, -0.05) is 53.8 Å². The fourth-order valence-corrected chi connectivity index (χ4v) is 5.92. The Hall–Kier alpha value is -5.23. The average Bonchev–Trinajstić information content (AvgIpc) is 3.59. The fraction of sp³-hybridized carbons (Fsp3) is 0.167. The van der Waals surface area contributed by atoms with Gasteiger partial charge in [-0.05, 0) is 36.8 Å². The molecule has 0 fully saturated rings. The van der Waals surface area contributed by atoms with Gasteiger partial charge in [0.2, 0.25) is 6.79 Å². The van der Waals surface area contributed by atoms with Gasteiger partial charge in [-0.3, -0.25) is 19.5 Å². The van der Waals surface area contributed by atoms with Gasteiger partial charge in [0.25, 0.3) is 11.2 Å². The van der Waals surface area contributed by atoms with Crippen LogP contribution < -0.4 is 29.1 Å². The number of carbonyl (C=O) groups excluding carboxylic acids is 1. The SMILES string of the molecule is CCOC(=O)C1=C(c2ccccc2)N=c2s/c(=C\c3cc4c(cc3[N+](=O)[O-])OCO4)c(=O)n2[C@@H]1c1cccc(OC)c1. The predicted octanol–water partition coefficient (Wildman–Crippen LogP) is 3.58. The van der Waals surface area contributed by atoms with E-state index in [2.05, 4.69) is 0 Å². The van der Waals surface area contributed by atoms with Crippen LogP contribution in [0.2, 0.25) is 0 Å². The van der Waals surface area contributed by atoms with Crippen molar-refractivity contribution < 1.29 is 28.7 Å². The number of aromatic nitrogens is 1. The van der Waals surface area contributed by atoms with Gasteiger partial charge in [-0.15, -0.1) is 0 Å². The summed E-state index contributed by atoms with van der Waals surface area (Å²) in [6.07, 6.45) is 1.43. The van der Waals surface area contributed by atoms with Crippen molar-refractivity contribution >= 4 is 34.8 Å². The molecule has 12 heteroatoms. The minimum atomic E-state index is -0.917. The highest BCUT2D eigenvalue weighted by Gasteiger charge is 2.35. The fourth-order valence-electron chi connectivity index (χ4n) is 4.93. The van der Waals surface area contributed by atoms with E-state index in [9.17, 15) is 19.7 Å². The third-order valence-electron chi connectivity index (χ3n) is 6.79. The number of hydrogen-bond acceptors (Lipinski definition) is 10. The number of carbonyl (C=O) groups is 1. The van der Waals surface area contributed by atoms with Crippen molar-refractivity contribution in [2.24, 2.45) is 4.99 Å². The van der Waals surface area contributed by atoms with Gasteiger partial charge < -0.3 is 18.9 Å². The molecule has 1 aromatic heterocycles. The van der Waals surface area contributed by atoms with Crippen LogP contribution in [0.15, 0.2) is 82.1 Å². The summed E-state index contributed by atoms with van der Waals surface area (Å²) in [6.45, 7) is 1.76. The zero-order chi connectivity index (χ0) is 29.4. The first kappa shape index (κ1) is 27.0. The van der Waals surface area contributed by atoms with E-state index in [-0.39, 0.29) is 40.5 Å².